The van der Waals surface area contributed by atoms with Gasteiger partial charge in [-0.15, -0.1) is 0 Å². The van der Waals surface area contributed by atoms with E-state index in [4.69, 9.17) is 10.00 Å². The number of rotatable bonds is 4. The van der Waals surface area contributed by atoms with Crippen LogP contribution in [0.5, 0.6) is 5.75 Å². The molecule has 1 N–H and O–H groups in total. The maximum absolute atomic E-state index is 12.2. The largest absolute Gasteiger partial charge is 0.478 e. The van der Waals surface area contributed by atoms with Gasteiger partial charge in [-0.05, 0) is 48.2 Å². The van der Waals surface area contributed by atoms with Gasteiger partial charge < -0.3 is 10.1 Å². The maximum atomic E-state index is 12.2. The molecule has 1 aliphatic heterocycles. The first-order chi connectivity index (χ1) is 12.2. The third-order valence-electron chi connectivity index (χ3n) is 3.21. The number of amidine groups is 1. The van der Waals surface area contributed by atoms with E-state index >= 15 is 0 Å². The van der Waals surface area contributed by atoms with Gasteiger partial charge >= 0.3 is 0 Å². The zero-order valence-electron chi connectivity index (χ0n) is 12.9. The van der Waals surface area contributed by atoms with Gasteiger partial charge in [0, 0.05) is 10.0 Å². The quantitative estimate of drug-likeness (QED) is 0.760. The highest BCUT2D eigenvalue weighted by Gasteiger charge is 2.24. The third-order valence-corrected chi connectivity index (χ3v) is 4.64. The summed E-state index contributed by atoms with van der Waals surface area (Å²) in [4.78, 5) is 17.1. The fourth-order valence-electron chi connectivity index (χ4n) is 2.10. The minimum absolute atomic E-state index is 0.0458. The van der Waals surface area contributed by atoms with Crippen LogP contribution in [0.2, 0.25) is 0 Å². The number of carbonyl (C=O) groups excluding carboxylic acids is 1. The molecule has 1 amide bonds. The molecule has 0 radical (unpaired) electrons. The van der Waals surface area contributed by atoms with Gasteiger partial charge in [0.15, 0.2) is 11.8 Å². The number of halogens is 1. The van der Waals surface area contributed by atoms with E-state index in [0.29, 0.717) is 15.8 Å². The molecule has 1 saturated heterocycles. The molecule has 124 valence electrons. The Morgan fingerprint density at radius 1 is 1.24 bits per heavy atom. The minimum atomic E-state index is -0.212. The lowest BCUT2D eigenvalue weighted by molar-refractivity contribution is -0.115. The molecule has 0 spiro atoms. The highest BCUT2D eigenvalue weighted by Crippen LogP contribution is 2.30. The highest BCUT2D eigenvalue weighted by molar-refractivity contribution is 9.10. The molecule has 5 nitrogen and oxygen atoms in total. The summed E-state index contributed by atoms with van der Waals surface area (Å²) in [6.07, 6.45) is 1.73. The predicted octanol–water partition coefficient (Wildman–Crippen LogP) is 4.24. The van der Waals surface area contributed by atoms with E-state index in [-0.39, 0.29) is 12.5 Å². The SMILES string of the molecule is N#CCOc1ccccc1C=C1SC(=Nc2ccc(Br)cc2)NC1=O. The number of carbonyl (C=O) groups is 1. The third kappa shape index (κ3) is 4.50. The number of para-hydroxylation sites is 1. The second kappa shape index (κ2) is 8.01. The van der Waals surface area contributed by atoms with Crippen molar-refractivity contribution < 1.29 is 9.53 Å². The van der Waals surface area contributed by atoms with Crippen LogP contribution in [0.15, 0.2) is 62.9 Å². The second-order valence-corrected chi connectivity index (χ2v) is 6.89. The molecule has 7 heteroatoms. The van der Waals surface area contributed by atoms with Crippen LogP contribution in [-0.4, -0.2) is 17.7 Å². The molecule has 0 aliphatic carbocycles. The summed E-state index contributed by atoms with van der Waals surface area (Å²) < 4.78 is 6.35. The summed E-state index contributed by atoms with van der Waals surface area (Å²) in [6.45, 7) is -0.0458. The van der Waals surface area contributed by atoms with E-state index < -0.39 is 0 Å². The Labute approximate surface area is 157 Å². The summed E-state index contributed by atoms with van der Waals surface area (Å²) in [6, 6.07) is 16.7. The van der Waals surface area contributed by atoms with Crippen molar-refractivity contribution in [3.05, 3.63) is 63.5 Å². The zero-order valence-corrected chi connectivity index (χ0v) is 15.3. The van der Waals surface area contributed by atoms with E-state index in [1.54, 1.807) is 12.1 Å². The minimum Gasteiger partial charge on any atom is -0.478 e. The first-order valence-electron chi connectivity index (χ1n) is 7.29. The van der Waals surface area contributed by atoms with Gasteiger partial charge in [0.1, 0.15) is 11.8 Å². The lowest BCUT2D eigenvalue weighted by Gasteiger charge is -2.05. The molecular formula is C18H12BrN3O2S. The van der Waals surface area contributed by atoms with Crippen LogP contribution >= 0.6 is 27.7 Å². The number of nitrogens with one attached hydrogen (secondary N) is 1. The van der Waals surface area contributed by atoms with E-state index in [1.807, 2.05) is 48.5 Å². The van der Waals surface area contributed by atoms with Crippen LogP contribution in [0.1, 0.15) is 5.56 Å². The predicted molar refractivity (Wildman–Crippen MR) is 102 cm³/mol. The van der Waals surface area contributed by atoms with Gasteiger partial charge in [-0.2, -0.15) is 5.26 Å². The lowest BCUT2D eigenvalue weighted by atomic mass is 10.2. The van der Waals surface area contributed by atoms with Crippen LogP contribution in [0.25, 0.3) is 6.08 Å². The van der Waals surface area contributed by atoms with Crippen LogP contribution in [0, 0.1) is 11.3 Å². The average Bonchev–Trinajstić information content (AvgIpc) is 2.95. The average molecular weight is 414 g/mol. The van der Waals surface area contributed by atoms with Crippen molar-refractivity contribution in [3.8, 4) is 11.8 Å². The molecule has 3 rings (SSSR count). The van der Waals surface area contributed by atoms with Crippen molar-refractivity contribution in [1.29, 1.82) is 5.26 Å². The fraction of sp³-hybridized carbons (Fsp3) is 0.0556. The van der Waals surface area contributed by atoms with Gasteiger partial charge in [0.25, 0.3) is 5.91 Å². The molecule has 0 atom stereocenters. The Balaban J connectivity index is 1.82. The van der Waals surface area contributed by atoms with E-state index in [0.717, 1.165) is 15.7 Å². The van der Waals surface area contributed by atoms with Gasteiger partial charge in [-0.3, -0.25) is 4.79 Å². The Morgan fingerprint density at radius 2 is 2.00 bits per heavy atom. The topological polar surface area (TPSA) is 74.5 Å². The number of aliphatic imine (C=N–C) groups is 1. The standard InChI is InChI=1S/C18H12BrN3O2S/c19-13-5-7-14(8-6-13)21-18-22-17(23)16(25-18)11-12-3-1-2-4-15(12)24-10-9-20/h1-8,11H,10H2,(H,21,22,23). The number of ether oxygens (including phenoxy) is 1. The van der Waals surface area contributed by atoms with Gasteiger partial charge in [-0.25, -0.2) is 4.99 Å². The summed E-state index contributed by atoms with van der Waals surface area (Å²) in [5, 5.41) is 11.9. The van der Waals surface area contributed by atoms with Gasteiger partial charge in [0.05, 0.1) is 10.6 Å². The van der Waals surface area contributed by atoms with Crippen molar-refractivity contribution in [1.82, 2.24) is 5.32 Å². The molecule has 2 aromatic carbocycles. The van der Waals surface area contributed by atoms with Crippen molar-refractivity contribution in [2.75, 3.05) is 6.61 Å². The first-order valence-corrected chi connectivity index (χ1v) is 8.90. The number of nitrogens with zero attached hydrogens (tertiary/aromatic N) is 2. The molecule has 0 unspecified atom stereocenters. The van der Waals surface area contributed by atoms with Crippen LogP contribution in [0.3, 0.4) is 0 Å². The smallest absolute Gasteiger partial charge is 0.264 e. The number of hydrogen-bond acceptors (Lipinski definition) is 5. The molecule has 0 saturated carbocycles. The first kappa shape index (κ1) is 17.3. The number of thioether (sulfide) groups is 1. The van der Waals surface area contributed by atoms with E-state index in [9.17, 15) is 4.79 Å². The van der Waals surface area contributed by atoms with Crippen molar-refractivity contribution in [2.24, 2.45) is 4.99 Å². The summed E-state index contributed by atoms with van der Waals surface area (Å²) >= 11 is 4.64. The normalized spacial score (nSPS) is 16.7. The van der Waals surface area contributed by atoms with Crippen LogP contribution in [-0.2, 0) is 4.79 Å². The Hall–Kier alpha value is -2.56. The number of benzene rings is 2. The van der Waals surface area contributed by atoms with Gasteiger partial charge in [-0.1, -0.05) is 34.1 Å². The second-order valence-electron chi connectivity index (χ2n) is 4.94. The molecule has 2 aromatic rings. The Kier molecular flexibility index (Phi) is 5.53. The molecule has 1 heterocycles. The number of nitriles is 1. The van der Waals surface area contributed by atoms with Crippen LogP contribution < -0.4 is 10.1 Å². The van der Waals surface area contributed by atoms with E-state index in [2.05, 4.69) is 26.2 Å². The summed E-state index contributed by atoms with van der Waals surface area (Å²) in [5.41, 5.74) is 1.49. The monoisotopic (exact) mass is 413 g/mol. The lowest BCUT2D eigenvalue weighted by Crippen LogP contribution is -2.19. The van der Waals surface area contributed by atoms with E-state index in [1.165, 1.54) is 11.8 Å². The Bertz CT molecular complexity index is 901. The van der Waals surface area contributed by atoms with Crippen molar-refractivity contribution >= 4 is 50.5 Å². The highest BCUT2D eigenvalue weighted by atomic mass is 79.9. The zero-order chi connectivity index (χ0) is 17.6. The van der Waals surface area contributed by atoms with Crippen molar-refractivity contribution in [2.45, 2.75) is 0 Å². The molecule has 1 aliphatic rings. The van der Waals surface area contributed by atoms with Crippen molar-refractivity contribution in [3.63, 3.8) is 0 Å². The molecular weight excluding hydrogens is 402 g/mol. The summed E-state index contributed by atoms with van der Waals surface area (Å²) in [5.74, 6) is 0.346. The molecule has 25 heavy (non-hydrogen) atoms. The summed E-state index contributed by atoms with van der Waals surface area (Å²) in [7, 11) is 0. The Morgan fingerprint density at radius 3 is 2.76 bits per heavy atom. The maximum Gasteiger partial charge on any atom is 0.264 e. The molecule has 0 aromatic heterocycles. The number of amides is 1. The van der Waals surface area contributed by atoms with Crippen LogP contribution in [0.4, 0.5) is 5.69 Å². The molecule has 1 fully saturated rings. The fourth-order valence-corrected chi connectivity index (χ4v) is 3.19. The number of hydrogen-bond donors (Lipinski definition) is 1. The van der Waals surface area contributed by atoms with Gasteiger partial charge in [0.2, 0.25) is 0 Å². The molecule has 0 bridgehead atoms.